The standard InChI is InChI=1S/C16H18.H2O.H3P/c1-3-13-11-8-12-16(15(13)4-2)14-9-6-5-7-10-14;;/h5-12H,3-4H2,1-2H3;1H2;1H3. The second-order valence-electron chi connectivity index (χ2n) is 4.02. The number of hydrogen-bond acceptors (Lipinski definition) is 0. The summed E-state index contributed by atoms with van der Waals surface area (Å²) in [5, 5.41) is 0. The first kappa shape index (κ1) is 16.8. The van der Waals surface area contributed by atoms with Crippen LogP contribution in [0.5, 0.6) is 0 Å². The average Bonchev–Trinajstić information content (AvgIpc) is 2.38. The van der Waals surface area contributed by atoms with Gasteiger partial charge in [0.2, 0.25) is 0 Å². The zero-order valence-corrected chi connectivity index (χ0v) is 12.7. The molecule has 0 radical (unpaired) electrons. The molecule has 2 heteroatoms. The Balaban J connectivity index is 0.00000144. The van der Waals surface area contributed by atoms with E-state index in [1.807, 2.05) is 0 Å². The average molecular weight is 262 g/mol. The first-order chi connectivity index (χ1) is 7.86. The van der Waals surface area contributed by atoms with Crippen molar-refractivity contribution in [2.45, 2.75) is 26.7 Å². The monoisotopic (exact) mass is 262 g/mol. The van der Waals surface area contributed by atoms with Gasteiger partial charge in [-0.3, -0.25) is 0 Å². The van der Waals surface area contributed by atoms with Gasteiger partial charge in [-0.15, -0.1) is 0 Å². The lowest BCUT2D eigenvalue weighted by Crippen LogP contribution is -1.94. The van der Waals surface area contributed by atoms with E-state index in [1.54, 1.807) is 0 Å². The van der Waals surface area contributed by atoms with Crippen molar-refractivity contribution in [1.82, 2.24) is 0 Å². The SMILES string of the molecule is CCc1cccc(-c2ccccc2)c1CC.O.P. The Morgan fingerprint density at radius 1 is 0.778 bits per heavy atom. The molecule has 0 amide bonds. The summed E-state index contributed by atoms with van der Waals surface area (Å²) in [7, 11) is 0. The Morgan fingerprint density at radius 3 is 2.00 bits per heavy atom. The largest absolute Gasteiger partial charge is 0.412 e. The van der Waals surface area contributed by atoms with E-state index in [2.05, 4.69) is 62.4 Å². The Hall–Kier alpha value is -1.17. The van der Waals surface area contributed by atoms with Crippen LogP contribution in [0.15, 0.2) is 48.5 Å². The van der Waals surface area contributed by atoms with Crippen LogP contribution < -0.4 is 0 Å². The van der Waals surface area contributed by atoms with Gasteiger partial charge in [-0.2, -0.15) is 9.90 Å². The van der Waals surface area contributed by atoms with Gasteiger partial charge in [0.25, 0.3) is 0 Å². The third-order valence-electron chi connectivity index (χ3n) is 3.09. The van der Waals surface area contributed by atoms with Crippen molar-refractivity contribution in [1.29, 1.82) is 0 Å². The Bertz CT molecular complexity index is 466. The topological polar surface area (TPSA) is 31.5 Å². The quantitative estimate of drug-likeness (QED) is 0.755. The van der Waals surface area contributed by atoms with Crippen LogP contribution >= 0.6 is 9.90 Å². The molecule has 0 spiro atoms. The number of rotatable bonds is 3. The molecule has 18 heavy (non-hydrogen) atoms. The molecule has 0 fully saturated rings. The van der Waals surface area contributed by atoms with Crippen molar-refractivity contribution >= 4 is 9.90 Å². The minimum Gasteiger partial charge on any atom is -0.412 e. The summed E-state index contributed by atoms with van der Waals surface area (Å²) in [5.74, 6) is 0. The van der Waals surface area contributed by atoms with Gasteiger partial charge in [-0.1, -0.05) is 62.4 Å². The first-order valence-electron chi connectivity index (χ1n) is 6.03. The van der Waals surface area contributed by atoms with E-state index in [1.165, 1.54) is 22.3 Å². The molecule has 0 saturated carbocycles. The highest BCUT2D eigenvalue weighted by atomic mass is 31.0. The predicted octanol–water partition coefficient (Wildman–Crippen LogP) is 3.71. The fourth-order valence-corrected chi connectivity index (χ4v) is 2.27. The molecule has 1 atom stereocenters. The highest BCUT2D eigenvalue weighted by molar-refractivity contribution is 6.92. The summed E-state index contributed by atoms with van der Waals surface area (Å²) in [4.78, 5) is 0. The number of benzene rings is 2. The van der Waals surface area contributed by atoms with E-state index < -0.39 is 0 Å². The van der Waals surface area contributed by atoms with Gasteiger partial charge in [0.15, 0.2) is 0 Å². The van der Waals surface area contributed by atoms with E-state index in [9.17, 15) is 0 Å². The van der Waals surface area contributed by atoms with Gasteiger partial charge >= 0.3 is 0 Å². The molecule has 2 aromatic carbocycles. The van der Waals surface area contributed by atoms with E-state index in [0.717, 1.165) is 12.8 Å². The second kappa shape index (κ2) is 8.02. The molecule has 2 rings (SSSR count). The van der Waals surface area contributed by atoms with Crippen molar-refractivity contribution in [3.63, 3.8) is 0 Å². The van der Waals surface area contributed by atoms with Crippen LogP contribution in [-0.2, 0) is 12.8 Å². The zero-order valence-electron chi connectivity index (χ0n) is 11.2. The molecule has 0 aliphatic heterocycles. The molecule has 1 nitrogen and oxygen atoms in total. The molecule has 0 aliphatic carbocycles. The third-order valence-corrected chi connectivity index (χ3v) is 3.09. The maximum absolute atomic E-state index is 2.24. The van der Waals surface area contributed by atoms with Crippen LogP contribution in [0.25, 0.3) is 11.1 Å². The van der Waals surface area contributed by atoms with Crippen LogP contribution in [0, 0.1) is 0 Å². The molecule has 0 heterocycles. The van der Waals surface area contributed by atoms with Gasteiger partial charge in [0, 0.05) is 0 Å². The lowest BCUT2D eigenvalue weighted by atomic mass is 9.93. The maximum Gasteiger partial charge on any atom is -0.0149 e. The van der Waals surface area contributed by atoms with Gasteiger partial charge in [0.05, 0.1) is 0 Å². The summed E-state index contributed by atoms with van der Waals surface area (Å²) in [5.41, 5.74) is 5.69. The van der Waals surface area contributed by atoms with E-state index in [4.69, 9.17) is 0 Å². The lowest BCUT2D eigenvalue weighted by Gasteiger charge is -2.12. The Kier molecular flexibility index (Phi) is 7.50. The molecule has 0 saturated heterocycles. The molecule has 1 unspecified atom stereocenters. The molecule has 2 aromatic rings. The fourth-order valence-electron chi connectivity index (χ4n) is 2.27. The van der Waals surface area contributed by atoms with E-state index >= 15 is 0 Å². The van der Waals surface area contributed by atoms with Crippen molar-refractivity contribution in [3.8, 4) is 11.1 Å². The smallest absolute Gasteiger partial charge is 0.0149 e. The van der Waals surface area contributed by atoms with Crippen molar-refractivity contribution in [3.05, 3.63) is 59.7 Å². The molecule has 0 aromatic heterocycles. The Morgan fingerprint density at radius 2 is 1.44 bits per heavy atom. The molecular weight excluding hydrogens is 239 g/mol. The Labute approximate surface area is 113 Å². The van der Waals surface area contributed by atoms with Crippen LogP contribution in [0.1, 0.15) is 25.0 Å². The normalized spacial score (nSPS) is 9.22. The van der Waals surface area contributed by atoms with E-state index in [-0.39, 0.29) is 15.4 Å². The second-order valence-corrected chi connectivity index (χ2v) is 4.02. The summed E-state index contributed by atoms with van der Waals surface area (Å²) in [6.45, 7) is 4.46. The van der Waals surface area contributed by atoms with Crippen LogP contribution in [0.2, 0.25) is 0 Å². The molecule has 98 valence electrons. The third kappa shape index (κ3) is 3.41. The first-order valence-corrected chi connectivity index (χ1v) is 6.03. The molecule has 0 bridgehead atoms. The van der Waals surface area contributed by atoms with Crippen LogP contribution in [0.4, 0.5) is 0 Å². The number of aryl methyl sites for hydroxylation is 1. The van der Waals surface area contributed by atoms with Crippen molar-refractivity contribution < 1.29 is 5.48 Å². The highest BCUT2D eigenvalue weighted by Gasteiger charge is 2.06. The summed E-state index contributed by atoms with van der Waals surface area (Å²) in [6.07, 6.45) is 2.22. The summed E-state index contributed by atoms with van der Waals surface area (Å²) >= 11 is 0. The maximum atomic E-state index is 2.24. The highest BCUT2D eigenvalue weighted by Crippen LogP contribution is 2.26. The summed E-state index contributed by atoms with van der Waals surface area (Å²) < 4.78 is 0. The van der Waals surface area contributed by atoms with Crippen LogP contribution in [-0.4, -0.2) is 5.48 Å². The molecule has 2 N–H and O–H groups in total. The van der Waals surface area contributed by atoms with E-state index in [0.29, 0.717) is 0 Å². The fraction of sp³-hybridized carbons (Fsp3) is 0.250. The van der Waals surface area contributed by atoms with Gasteiger partial charge in [-0.05, 0) is 35.1 Å². The predicted molar refractivity (Wildman–Crippen MR) is 85.4 cm³/mol. The van der Waals surface area contributed by atoms with Crippen molar-refractivity contribution in [2.75, 3.05) is 0 Å². The molecule has 0 aliphatic rings. The minimum atomic E-state index is 0. The number of hydrogen-bond donors (Lipinski definition) is 0. The molecular formula is C16H23OP. The minimum absolute atomic E-state index is 0. The van der Waals surface area contributed by atoms with Gasteiger partial charge < -0.3 is 5.48 Å². The lowest BCUT2D eigenvalue weighted by molar-refractivity contribution is 0.824. The summed E-state index contributed by atoms with van der Waals surface area (Å²) in [6, 6.07) is 17.3. The van der Waals surface area contributed by atoms with Crippen molar-refractivity contribution in [2.24, 2.45) is 0 Å². The van der Waals surface area contributed by atoms with Gasteiger partial charge in [0.1, 0.15) is 0 Å². The van der Waals surface area contributed by atoms with Gasteiger partial charge in [-0.25, -0.2) is 0 Å². The van der Waals surface area contributed by atoms with Crippen LogP contribution in [0.3, 0.4) is 0 Å². The zero-order chi connectivity index (χ0) is 11.4.